The van der Waals surface area contributed by atoms with Crippen molar-refractivity contribution >= 4 is 16.6 Å². The second-order valence-electron chi connectivity index (χ2n) is 5.68. The molecule has 0 bridgehead atoms. The number of nitrogens with one attached hydrogen (secondary N) is 1. The van der Waals surface area contributed by atoms with Gasteiger partial charge in [0.2, 0.25) is 0 Å². The van der Waals surface area contributed by atoms with Crippen molar-refractivity contribution in [2.75, 3.05) is 11.9 Å². The van der Waals surface area contributed by atoms with Crippen molar-refractivity contribution in [2.24, 2.45) is 0 Å². The molecule has 1 aliphatic rings. The molecule has 104 valence electrons. The van der Waals surface area contributed by atoms with E-state index in [4.69, 9.17) is 4.98 Å². The third-order valence-electron chi connectivity index (χ3n) is 4.41. The summed E-state index contributed by atoms with van der Waals surface area (Å²) in [5, 5.41) is 4.79. The van der Waals surface area contributed by atoms with Crippen LogP contribution in [-0.2, 0) is 6.42 Å². The van der Waals surface area contributed by atoms with E-state index in [-0.39, 0.29) is 0 Å². The summed E-state index contributed by atoms with van der Waals surface area (Å²) in [5.74, 6) is 0.324. The summed E-state index contributed by atoms with van der Waals surface area (Å²) in [4.78, 5) is 4.98. The molecule has 0 aliphatic carbocycles. The molecule has 2 heterocycles. The van der Waals surface area contributed by atoms with Crippen LogP contribution in [0.2, 0.25) is 0 Å². The Morgan fingerprint density at radius 1 is 1.00 bits per heavy atom. The van der Waals surface area contributed by atoms with Crippen LogP contribution in [-0.4, -0.2) is 11.5 Å². The van der Waals surface area contributed by atoms with Crippen LogP contribution in [0.4, 0.5) is 5.69 Å². The predicted molar refractivity (Wildman–Crippen MR) is 87.9 cm³/mol. The van der Waals surface area contributed by atoms with Gasteiger partial charge in [0.15, 0.2) is 0 Å². The zero-order chi connectivity index (χ0) is 14.2. The van der Waals surface area contributed by atoms with Crippen LogP contribution < -0.4 is 5.32 Å². The van der Waals surface area contributed by atoms with Crippen molar-refractivity contribution in [3.63, 3.8) is 0 Å². The molecule has 1 aromatic heterocycles. The van der Waals surface area contributed by atoms with Crippen molar-refractivity contribution in [2.45, 2.75) is 19.3 Å². The molecule has 1 N–H and O–H groups in total. The average Bonchev–Trinajstić information content (AvgIpc) is 3.04. The second kappa shape index (κ2) is 4.88. The minimum atomic E-state index is 0.324. The number of fused-ring (bicyclic) bond motifs is 3. The van der Waals surface area contributed by atoms with E-state index in [2.05, 4.69) is 66.8 Å². The molecular weight excluding hydrogens is 256 g/mol. The Morgan fingerprint density at radius 2 is 1.76 bits per heavy atom. The highest BCUT2D eigenvalue weighted by Gasteiger charge is 2.23. The molecular formula is C19H18N2. The van der Waals surface area contributed by atoms with Crippen LogP contribution in [0.5, 0.6) is 0 Å². The van der Waals surface area contributed by atoms with Crippen molar-refractivity contribution in [1.29, 1.82) is 0 Å². The minimum Gasteiger partial charge on any atom is -0.384 e. The van der Waals surface area contributed by atoms with Crippen LogP contribution in [0, 0.1) is 0 Å². The van der Waals surface area contributed by atoms with Gasteiger partial charge in [-0.15, -0.1) is 0 Å². The van der Waals surface area contributed by atoms with Gasteiger partial charge in [-0.1, -0.05) is 55.5 Å². The van der Waals surface area contributed by atoms with E-state index in [9.17, 15) is 0 Å². The van der Waals surface area contributed by atoms with Gasteiger partial charge < -0.3 is 5.32 Å². The van der Waals surface area contributed by atoms with E-state index < -0.39 is 0 Å². The lowest BCUT2D eigenvalue weighted by Gasteiger charge is -2.17. The van der Waals surface area contributed by atoms with Gasteiger partial charge in [-0.2, -0.15) is 0 Å². The molecule has 0 fully saturated rings. The average molecular weight is 274 g/mol. The van der Waals surface area contributed by atoms with Crippen LogP contribution in [0.25, 0.3) is 10.9 Å². The number of hydrogen-bond donors (Lipinski definition) is 1. The van der Waals surface area contributed by atoms with Crippen LogP contribution >= 0.6 is 0 Å². The molecule has 0 saturated carbocycles. The molecule has 2 aromatic carbocycles. The third-order valence-corrected chi connectivity index (χ3v) is 4.41. The first kappa shape index (κ1) is 12.4. The molecule has 21 heavy (non-hydrogen) atoms. The smallest absolute Gasteiger partial charge is 0.0726 e. The Hall–Kier alpha value is -2.35. The highest BCUT2D eigenvalue weighted by atomic mass is 14.9. The first-order valence-electron chi connectivity index (χ1n) is 7.55. The molecule has 3 aromatic rings. The van der Waals surface area contributed by atoms with Gasteiger partial charge in [0.25, 0.3) is 0 Å². The first-order chi connectivity index (χ1) is 10.3. The standard InChI is InChI=1S/C19H18N2/c1-13(14-7-3-2-4-8-14)18-16-11-12-20-19(16)15-9-5-6-10-17(15)21-18/h2-10,13,20H,11-12H2,1H3. The number of anilines is 1. The molecule has 0 spiro atoms. The van der Waals surface area contributed by atoms with Crippen molar-refractivity contribution in [3.8, 4) is 0 Å². The Morgan fingerprint density at radius 3 is 2.62 bits per heavy atom. The van der Waals surface area contributed by atoms with E-state index in [1.54, 1.807) is 0 Å². The Kier molecular flexibility index (Phi) is 2.88. The van der Waals surface area contributed by atoms with E-state index in [1.807, 2.05) is 0 Å². The summed E-state index contributed by atoms with van der Waals surface area (Å²) in [7, 11) is 0. The normalized spacial score (nSPS) is 14.7. The van der Waals surface area contributed by atoms with Gasteiger partial charge in [-0.05, 0) is 23.6 Å². The molecule has 2 nitrogen and oxygen atoms in total. The largest absolute Gasteiger partial charge is 0.384 e. The van der Waals surface area contributed by atoms with Gasteiger partial charge in [0, 0.05) is 23.5 Å². The lowest BCUT2D eigenvalue weighted by molar-refractivity contribution is 0.858. The van der Waals surface area contributed by atoms with Gasteiger partial charge in [0.05, 0.1) is 11.2 Å². The molecule has 0 saturated heterocycles. The lowest BCUT2D eigenvalue weighted by Crippen LogP contribution is -2.04. The highest BCUT2D eigenvalue weighted by molar-refractivity contribution is 5.94. The molecule has 4 rings (SSSR count). The molecule has 1 unspecified atom stereocenters. The highest BCUT2D eigenvalue weighted by Crippen LogP contribution is 2.37. The fraction of sp³-hybridized carbons (Fsp3) is 0.211. The van der Waals surface area contributed by atoms with Gasteiger partial charge >= 0.3 is 0 Å². The van der Waals surface area contributed by atoms with Crippen LogP contribution in [0.15, 0.2) is 54.6 Å². The molecule has 0 amide bonds. The van der Waals surface area contributed by atoms with Crippen molar-refractivity contribution in [1.82, 2.24) is 4.98 Å². The Balaban J connectivity index is 1.93. The maximum atomic E-state index is 4.98. The van der Waals surface area contributed by atoms with Crippen molar-refractivity contribution in [3.05, 3.63) is 71.4 Å². The monoisotopic (exact) mass is 274 g/mol. The first-order valence-corrected chi connectivity index (χ1v) is 7.55. The lowest BCUT2D eigenvalue weighted by atomic mass is 9.92. The van der Waals surface area contributed by atoms with E-state index >= 15 is 0 Å². The fourth-order valence-electron chi connectivity index (χ4n) is 3.30. The van der Waals surface area contributed by atoms with E-state index in [0.29, 0.717) is 5.92 Å². The zero-order valence-corrected chi connectivity index (χ0v) is 12.1. The fourth-order valence-corrected chi connectivity index (χ4v) is 3.30. The van der Waals surface area contributed by atoms with E-state index in [1.165, 1.54) is 27.9 Å². The molecule has 1 atom stereocenters. The zero-order valence-electron chi connectivity index (χ0n) is 12.1. The van der Waals surface area contributed by atoms with Crippen molar-refractivity contribution < 1.29 is 0 Å². The van der Waals surface area contributed by atoms with Gasteiger partial charge in [-0.3, -0.25) is 4.98 Å². The van der Waals surface area contributed by atoms with E-state index in [0.717, 1.165) is 18.5 Å². The number of benzene rings is 2. The Bertz CT molecular complexity index is 793. The van der Waals surface area contributed by atoms with Crippen LogP contribution in [0.1, 0.15) is 29.7 Å². The minimum absolute atomic E-state index is 0.324. The maximum Gasteiger partial charge on any atom is 0.0726 e. The number of rotatable bonds is 2. The second-order valence-corrected chi connectivity index (χ2v) is 5.68. The molecule has 1 aliphatic heterocycles. The molecule has 2 heteroatoms. The summed E-state index contributed by atoms with van der Waals surface area (Å²) in [6.45, 7) is 3.27. The predicted octanol–water partition coefficient (Wildman–Crippen LogP) is 4.35. The number of pyridine rings is 1. The summed E-state index contributed by atoms with van der Waals surface area (Å²) < 4.78 is 0. The Labute approximate surface area is 124 Å². The van der Waals surface area contributed by atoms with Crippen LogP contribution in [0.3, 0.4) is 0 Å². The summed E-state index contributed by atoms with van der Waals surface area (Å²) >= 11 is 0. The number of nitrogens with zero attached hydrogens (tertiary/aromatic N) is 1. The number of para-hydroxylation sites is 1. The summed E-state index contributed by atoms with van der Waals surface area (Å²) in [6.07, 6.45) is 1.07. The summed E-state index contributed by atoms with van der Waals surface area (Å²) in [6, 6.07) is 19.1. The molecule has 0 radical (unpaired) electrons. The summed E-state index contributed by atoms with van der Waals surface area (Å²) in [5.41, 5.74) is 6.32. The number of aromatic nitrogens is 1. The van der Waals surface area contributed by atoms with Gasteiger partial charge in [-0.25, -0.2) is 0 Å². The SMILES string of the molecule is CC(c1ccccc1)c1nc2ccccc2c2c1CCN2. The number of hydrogen-bond acceptors (Lipinski definition) is 2. The van der Waals surface area contributed by atoms with Gasteiger partial charge in [0.1, 0.15) is 0 Å². The third kappa shape index (κ3) is 1.99. The topological polar surface area (TPSA) is 24.9 Å². The quantitative estimate of drug-likeness (QED) is 0.751. The maximum absolute atomic E-state index is 4.98.